The lowest BCUT2D eigenvalue weighted by Gasteiger charge is -2.11. The Kier molecular flexibility index (Phi) is 6.95. The maximum atomic E-state index is 13.4. The zero-order valence-electron chi connectivity index (χ0n) is 18.5. The fraction of sp³-hybridized carbons (Fsp3) is 0.0833. The molecule has 2 aromatic carbocycles. The van der Waals surface area contributed by atoms with Crippen LogP contribution in [0.3, 0.4) is 0 Å². The number of H-pyrrole nitrogens is 1. The molecular formula is C24H17Cl3N8O. The number of nitrogens with zero attached hydrogens (tertiary/aromatic N) is 6. The molecule has 5 rings (SSSR count). The maximum Gasteiger partial charge on any atom is 0.272 e. The molecule has 0 atom stereocenters. The van der Waals surface area contributed by atoms with Gasteiger partial charge in [0.05, 0.1) is 16.4 Å². The summed E-state index contributed by atoms with van der Waals surface area (Å²) in [5, 5.41) is 23.3. The van der Waals surface area contributed by atoms with E-state index < -0.39 is 0 Å². The number of nitrogens with one attached hydrogen (secondary N) is 2. The number of benzene rings is 2. The summed E-state index contributed by atoms with van der Waals surface area (Å²) in [5.41, 5.74) is 3.64. The molecule has 9 nitrogen and oxygen atoms in total. The molecule has 0 fully saturated rings. The first kappa shape index (κ1) is 23.9. The Balaban J connectivity index is 1.67. The average molecular weight is 540 g/mol. The summed E-state index contributed by atoms with van der Waals surface area (Å²) >= 11 is 18.8. The van der Waals surface area contributed by atoms with Crippen molar-refractivity contribution in [1.82, 2.24) is 40.7 Å². The van der Waals surface area contributed by atoms with Gasteiger partial charge in [-0.2, -0.15) is 10.3 Å². The Morgan fingerprint density at radius 3 is 2.42 bits per heavy atom. The molecule has 180 valence electrons. The first-order chi connectivity index (χ1) is 17.5. The molecule has 12 heteroatoms. The Bertz CT molecular complexity index is 1500. The molecule has 0 aliphatic carbocycles. The van der Waals surface area contributed by atoms with Crippen LogP contribution in [0.2, 0.25) is 15.1 Å². The van der Waals surface area contributed by atoms with E-state index in [2.05, 4.69) is 30.9 Å². The van der Waals surface area contributed by atoms with Gasteiger partial charge in [-0.1, -0.05) is 52.1 Å². The van der Waals surface area contributed by atoms with Crippen LogP contribution in [0.15, 0.2) is 67.0 Å². The number of amides is 1. The molecule has 2 N–H and O–H groups in total. The smallest absolute Gasteiger partial charge is 0.272 e. The molecule has 3 heterocycles. The maximum absolute atomic E-state index is 13.4. The van der Waals surface area contributed by atoms with Gasteiger partial charge in [0.15, 0.2) is 11.5 Å². The van der Waals surface area contributed by atoms with Gasteiger partial charge in [0.2, 0.25) is 0 Å². The van der Waals surface area contributed by atoms with Crippen molar-refractivity contribution in [1.29, 1.82) is 0 Å². The highest BCUT2D eigenvalue weighted by Gasteiger charge is 2.27. The Hall–Kier alpha value is -3.79. The number of pyridine rings is 1. The SMILES string of the molecule is O=C(NCc1ccncc1)c1nn(-c2ccc(Cl)cc2Cl)c(-c2ccc(Cl)cc2)c1Cc1nn[nH]n1. The largest absolute Gasteiger partial charge is 0.347 e. The van der Waals surface area contributed by atoms with Gasteiger partial charge in [0.25, 0.3) is 5.91 Å². The molecular weight excluding hydrogens is 523 g/mol. The molecule has 0 aliphatic rings. The number of carbonyl (C=O) groups excluding carboxylic acids is 1. The van der Waals surface area contributed by atoms with Crippen molar-refractivity contribution in [2.24, 2.45) is 0 Å². The third-order valence-corrected chi connectivity index (χ3v) is 6.17. The molecule has 0 aliphatic heterocycles. The number of carbonyl (C=O) groups is 1. The van der Waals surface area contributed by atoms with Gasteiger partial charge in [-0.25, -0.2) is 4.68 Å². The van der Waals surface area contributed by atoms with E-state index in [4.69, 9.17) is 39.9 Å². The van der Waals surface area contributed by atoms with E-state index in [1.54, 1.807) is 47.4 Å². The molecule has 1 amide bonds. The van der Waals surface area contributed by atoms with Gasteiger partial charge >= 0.3 is 0 Å². The number of hydrogen-bond donors (Lipinski definition) is 2. The van der Waals surface area contributed by atoms with Crippen molar-refractivity contribution in [3.8, 4) is 16.9 Å². The molecule has 0 unspecified atom stereocenters. The third kappa shape index (κ3) is 5.08. The van der Waals surface area contributed by atoms with Crippen LogP contribution in [-0.2, 0) is 13.0 Å². The molecule has 3 aromatic heterocycles. The van der Waals surface area contributed by atoms with E-state index in [0.717, 1.165) is 11.1 Å². The van der Waals surface area contributed by atoms with Gasteiger partial charge in [0, 0.05) is 46.5 Å². The monoisotopic (exact) mass is 538 g/mol. The third-order valence-electron chi connectivity index (χ3n) is 5.38. The van der Waals surface area contributed by atoms with Crippen LogP contribution in [-0.4, -0.2) is 41.3 Å². The van der Waals surface area contributed by atoms with Crippen LogP contribution in [0, 0.1) is 0 Å². The molecule has 0 spiro atoms. The van der Waals surface area contributed by atoms with Gasteiger partial charge in [-0.05, 0) is 48.0 Å². The van der Waals surface area contributed by atoms with Gasteiger partial charge in [-0.15, -0.1) is 10.2 Å². The lowest BCUT2D eigenvalue weighted by Crippen LogP contribution is -2.24. The van der Waals surface area contributed by atoms with Gasteiger partial charge in [-0.3, -0.25) is 9.78 Å². The quantitative estimate of drug-likeness (QED) is 0.303. The number of tetrazole rings is 1. The number of rotatable bonds is 7. The lowest BCUT2D eigenvalue weighted by molar-refractivity contribution is 0.0944. The van der Waals surface area contributed by atoms with Crippen molar-refractivity contribution in [3.63, 3.8) is 0 Å². The van der Waals surface area contributed by atoms with Crippen LogP contribution in [0.4, 0.5) is 0 Å². The average Bonchev–Trinajstić information content (AvgIpc) is 3.52. The first-order valence-corrected chi connectivity index (χ1v) is 11.9. The van der Waals surface area contributed by atoms with Crippen LogP contribution in [0.25, 0.3) is 16.9 Å². The summed E-state index contributed by atoms with van der Waals surface area (Å²) < 4.78 is 1.62. The summed E-state index contributed by atoms with van der Waals surface area (Å²) in [6.45, 7) is 0.299. The zero-order valence-corrected chi connectivity index (χ0v) is 20.8. The van der Waals surface area contributed by atoms with Crippen molar-refractivity contribution in [2.45, 2.75) is 13.0 Å². The van der Waals surface area contributed by atoms with Crippen molar-refractivity contribution in [3.05, 3.63) is 105 Å². The van der Waals surface area contributed by atoms with Crippen molar-refractivity contribution in [2.75, 3.05) is 0 Å². The minimum atomic E-state index is -0.371. The summed E-state index contributed by atoms with van der Waals surface area (Å²) in [4.78, 5) is 17.5. The summed E-state index contributed by atoms with van der Waals surface area (Å²) in [6, 6.07) is 15.9. The van der Waals surface area contributed by atoms with Gasteiger partial charge in [0.1, 0.15) is 0 Å². The standard InChI is InChI=1S/C24H17Cl3N8O/c25-16-3-1-15(2-4-16)23-18(12-21-30-33-34-31-21)22(24(36)29-13-14-7-9-28-10-8-14)32-35(23)20-6-5-17(26)11-19(20)27/h1-11H,12-13H2,(H,29,36)(H,30,31,33,34). The molecule has 36 heavy (non-hydrogen) atoms. The Morgan fingerprint density at radius 1 is 0.972 bits per heavy atom. The summed E-state index contributed by atoms with van der Waals surface area (Å²) in [6.07, 6.45) is 3.52. The second-order valence-electron chi connectivity index (χ2n) is 7.73. The van der Waals surface area contributed by atoms with E-state index in [-0.39, 0.29) is 18.0 Å². The number of hydrogen-bond acceptors (Lipinski definition) is 6. The number of halogens is 3. The second kappa shape index (κ2) is 10.4. The zero-order chi connectivity index (χ0) is 25.1. The normalized spacial score (nSPS) is 11.0. The minimum Gasteiger partial charge on any atom is -0.347 e. The van der Waals surface area contributed by atoms with E-state index in [0.29, 0.717) is 44.4 Å². The van der Waals surface area contributed by atoms with Crippen molar-refractivity contribution >= 4 is 40.7 Å². The Labute approximate surface area is 220 Å². The fourth-order valence-corrected chi connectivity index (χ4v) is 4.33. The van der Waals surface area contributed by atoms with Crippen LogP contribution in [0.5, 0.6) is 0 Å². The van der Waals surface area contributed by atoms with E-state index in [9.17, 15) is 4.79 Å². The number of aromatic nitrogens is 7. The van der Waals surface area contributed by atoms with Crippen LogP contribution in [0.1, 0.15) is 27.4 Å². The highest BCUT2D eigenvalue weighted by atomic mass is 35.5. The van der Waals surface area contributed by atoms with Crippen molar-refractivity contribution < 1.29 is 4.79 Å². The molecule has 0 bridgehead atoms. The van der Waals surface area contributed by atoms with E-state index >= 15 is 0 Å². The van der Waals surface area contributed by atoms with Crippen LogP contribution < -0.4 is 5.32 Å². The molecule has 0 saturated heterocycles. The molecule has 5 aromatic rings. The van der Waals surface area contributed by atoms with Crippen LogP contribution >= 0.6 is 34.8 Å². The second-order valence-corrected chi connectivity index (χ2v) is 9.01. The molecule has 0 radical (unpaired) electrons. The topological polar surface area (TPSA) is 114 Å². The predicted molar refractivity (Wildman–Crippen MR) is 136 cm³/mol. The fourth-order valence-electron chi connectivity index (χ4n) is 3.71. The highest BCUT2D eigenvalue weighted by molar-refractivity contribution is 6.35. The lowest BCUT2D eigenvalue weighted by atomic mass is 10.0. The minimum absolute atomic E-state index is 0.192. The predicted octanol–water partition coefficient (Wildman–Crippen LogP) is 4.93. The molecule has 0 saturated carbocycles. The van der Waals surface area contributed by atoms with E-state index in [1.165, 1.54) is 0 Å². The van der Waals surface area contributed by atoms with E-state index in [1.807, 2.05) is 24.3 Å². The first-order valence-electron chi connectivity index (χ1n) is 10.7. The summed E-state index contributed by atoms with van der Waals surface area (Å²) in [7, 11) is 0. The highest BCUT2D eigenvalue weighted by Crippen LogP contribution is 2.34. The summed E-state index contributed by atoms with van der Waals surface area (Å²) in [5.74, 6) is 0.0273. The van der Waals surface area contributed by atoms with Gasteiger partial charge < -0.3 is 5.32 Å². The number of aromatic amines is 1. The Morgan fingerprint density at radius 2 is 1.72 bits per heavy atom.